The molecule has 1 aromatic carbocycles. The van der Waals surface area contributed by atoms with Gasteiger partial charge in [-0.2, -0.15) is 4.31 Å². The van der Waals surface area contributed by atoms with Crippen LogP contribution in [0.5, 0.6) is 5.75 Å². The van der Waals surface area contributed by atoms with Gasteiger partial charge in [0.25, 0.3) is 0 Å². The highest BCUT2D eigenvalue weighted by Gasteiger charge is 2.34. The zero-order valence-corrected chi connectivity index (χ0v) is 10.9. The van der Waals surface area contributed by atoms with E-state index in [0.29, 0.717) is 11.1 Å². The third-order valence-electron chi connectivity index (χ3n) is 1.82. The highest BCUT2D eigenvalue weighted by atomic mass is 31.3. The minimum absolute atomic E-state index is 0.0618. The maximum atomic E-state index is 11.3. The average molecular weight is 282 g/mol. The Bertz CT molecular complexity index is 486. The molecule has 0 amide bonds. The fraction of sp³-hybridized carbons (Fsp3) is 0.250. The van der Waals surface area contributed by atoms with Gasteiger partial charge >= 0.3 is 15.6 Å². The molecule has 17 heavy (non-hydrogen) atoms. The first-order chi connectivity index (χ1) is 7.61. The molecule has 1 aromatic rings. The van der Waals surface area contributed by atoms with Gasteiger partial charge in [0.1, 0.15) is 5.75 Å². The fourth-order valence-corrected chi connectivity index (χ4v) is 2.94. The molecule has 0 saturated heterocycles. The SMILES string of the molecule is Cc1cccc(C)c1OP(=O)(O)OP(=O)(O)O. The van der Waals surface area contributed by atoms with Gasteiger partial charge < -0.3 is 14.3 Å². The van der Waals surface area contributed by atoms with Gasteiger partial charge in [-0.25, -0.2) is 9.13 Å². The molecule has 0 bridgehead atoms. The summed E-state index contributed by atoms with van der Waals surface area (Å²) >= 11 is 0. The van der Waals surface area contributed by atoms with E-state index in [9.17, 15) is 14.0 Å². The van der Waals surface area contributed by atoms with Gasteiger partial charge in [0.2, 0.25) is 0 Å². The van der Waals surface area contributed by atoms with E-state index in [0.717, 1.165) is 0 Å². The molecule has 0 spiro atoms. The Morgan fingerprint density at radius 3 is 1.94 bits per heavy atom. The average Bonchev–Trinajstić information content (AvgIpc) is 2.07. The van der Waals surface area contributed by atoms with E-state index in [1.54, 1.807) is 32.0 Å². The van der Waals surface area contributed by atoms with Gasteiger partial charge in [-0.1, -0.05) is 18.2 Å². The van der Waals surface area contributed by atoms with Crippen LogP contribution in [0.3, 0.4) is 0 Å². The first-order valence-electron chi connectivity index (χ1n) is 4.46. The smallest absolute Gasteiger partial charge is 0.403 e. The van der Waals surface area contributed by atoms with Crippen LogP contribution < -0.4 is 4.52 Å². The van der Waals surface area contributed by atoms with Crippen LogP contribution >= 0.6 is 15.6 Å². The van der Waals surface area contributed by atoms with E-state index in [2.05, 4.69) is 8.83 Å². The molecule has 0 radical (unpaired) electrons. The van der Waals surface area contributed by atoms with Gasteiger partial charge in [0.15, 0.2) is 0 Å². The molecule has 1 atom stereocenters. The van der Waals surface area contributed by atoms with E-state index in [-0.39, 0.29) is 5.75 Å². The van der Waals surface area contributed by atoms with E-state index >= 15 is 0 Å². The van der Waals surface area contributed by atoms with Crippen molar-refractivity contribution in [2.45, 2.75) is 13.8 Å². The summed E-state index contributed by atoms with van der Waals surface area (Å²) in [5, 5.41) is 0. The molecule has 0 heterocycles. The van der Waals surface area contributed by atoms with Crippen molar-refractivity contribution in [3.63, 3.8) is 0 Å². The molecule has 0 aliphatic carbocycles. The van der Waals surface area contributed by atoms with Crippen LogP contribution in [0.4, 0.5) is 0 Å². The predicted molar refractivity (Wildman–Crippen MR) is 59.5 cm³/mol. The van der Waals surface area contributed by atoms with Crippen LogP contribution in [0.2, 0.25) is 0 Å². The van der Waals surface area contributed by atoms with Gasteiger partial charge in [0, 0.05) is 0 Å². The Morgan fingerprint density at radius 1 is 1.06 bits per heavy atom. The highest BCUT2D eigenvalue weighted by Crippen LogP contribution is 2.57. The predicted octanol–water partition coefficient (Wildman–Crippen LogP) is 1.89. The lowest BCUT2D eigenvalue weighted by Gasteiger charge is -2.16. The number of benzene rings is 1. The molecule has 0 fully saturated rings. The molecule has 0 saturated carbocycles. The topological polar surface area (TPSA) is 113 Å². The second-order valence-corrected chi connectivity index (χ2v) is 6.11. The van der Waals surface area contributed by atoms with Crippen LogP contribution in [-0.4, -0.2) is 14.7 Å². The van der Waals surface area contributed by atoms with E-state index in [4.69, 9.17) is 9.79 Å². The number of phosphoric acid groups is 2. The normalized spacial score (nSPS) is 15.4. The van der Waals surface area contributed by atoms with E-state index < -0.39 is 15.6 Å². The lowest BCUT2D eigenvalue weighted by Crippen LogP contribution is -1.98. The van der Waals surface area contributed by atoms with Crippen LogP contribution in [0, 0.1) is 13.8 Å². The van der Waals surface area contributed by atoms with E-state index in [1.807, 2.05) is 0 Å². The molecule has 0 aromatic heterocycles. The Morgan fingerprint density at radius 2 is 1.53 bits per heavy atom. The van der Waals surface area contributed by atoms with Crippen LogP contribution in [0.15, 0.2) is 18.2 Å². The number of phosphoric ester groups is 1. The van der Waals surface area contributed by atoms with Gasteiger partial charge in [0.05, 0.1) is 0 Å². The third kappa shape index (κ3) is 4.60. The number of hydrogen-bond donors (Lipinski definition) is 3. The summed E-state index contributed by atoms with van der Waals surface area (Å²) in [6.07, 6.45) is 0. The third-order valence-corrected chi connectivity index (χ3v) is 3.91. The number of para-hydroxylation sites is 1. The van der Waals surface area contributed by atoms with E-state index in [1.165, 1.54) is 0 Å². The highest BCUT2D eigenvalue weighted by molar-refractivity contribution is 7.60. The molecule has 0 aliphatic heterocycles. The standard InChI is InChI=1S/C8H12O7P2/c1-6-4-3-5-7(2)8(6)14-17(12,13)15-16(9,10)11/h3-5H,1-2H3,(H,12,13)(H2,9,10,11). The summed E-state index contributed by atoms with van der Waals surface area (Å²) in [5.74, 6) is 0.0618. The van der Waals surface area contributed by atoms with Crippen molar-refractivity contribution in [2.75, 3.05) is 0 Å². The summed E-state index contributed by atoms with van der Waals surface area (Å²) in [7, 11) is -9.95. The summed E-state index contributed by atoms with van der Waals surface area (Å²) in [6.45, 7) is 3.25. The van der Waals surface area contributed by atoms with Crippen molar-refractivity contribution in [2.24, 2.45) is 0 Å². The van der Waals surface area contributed by atoms with Crippen molar-refractivity contribution in [3.8, 4) is 5.75 Å². The maximum absolute atomic E-state index is 11.3. The van der Waals surface area contributed by atoms with Gasteiger partial charge in [-0.15, -0.1) is 0 Å². The monoisotopic (exact) mass is 282 g/mol. The summed E-state index contributed by atoms with van der Waals surface area (Å²) in [5.41, 5.74) is 1.10. The van der Waals surface area contributed by atoms with Crippen molar-refractivity contribution < 1.29 is 32.6 Å². The maximum Gasteiger partial charge on any atom is 0.536 e. The lowest BCUT2D eigenvalue weighted by atomic mass is 10.1. The molecule has 7 nitrogen and oxygen atoms in total. The van der Waals surface area contributed by atoms with Crippen molar-refractivity contribution >= 4 is 15.6 Å². The van der Waals surface area contributed by atoms with Crippen molar-refractivity contribution in [1.82, 2.24) is 0 Å². The molecule has 1 unspecified atom stereocenters. The largest absolute Gasteiger partial charge is 0.536 e. The van der Waals surface area contributed by atoms with Gasteiger partial charge in [-0.05, 0) is 25.0 Å². The first kappa shape index (κ1) is 14.4. The second kappa shape index (κ2) is 4.90. The van der Waals surface area contributed by atoms with Crippen LogP contribution in [0.25, 0.3) is 0 Å². The fourth-order valence-electron chi connectivity index (χ4n) is 1.21. The minimum Gasteiger partial charge on any atom is -0.403 e. The lowest BCUT2D eigenvalue weighted by molar-refractivity contribution is 0.229. The molecule has 96 valence electrons. The minimum atomic E-state index is -5.09. The van der Waals surface area contributed by atoms with Crippen LogP contribution in [-0.2, 0) is 13.4 Å². The van der Waals surface area contributed by atoms with Crippen molar-refractivity contribution in [1.29, 1.82) is 0 Å². The first-order valence-corrected chi connectivity index (χ1v) is 7.49. The second-order valence-electron chi connectivity index (χ2n) is 3.35. The Balaban J connectivity index is 2.98. The Kier molecular flexibility index (Phi) is 4.15. The summed E-state index contributed by atoms with van der Waals surface area (Å²) in [4.78, 5) is 26.1. The molecule has 3 N–H and O–H groups in total. The zero-order chi connectivity index (χ0) is 13.3. The molecular weight excluding hydrogens is 270 g/mol. The molecule has 0 aliphatic rings. The van der Waals surface area contributed by atoms with Gasteiger partial charge in [-0.3, -0.25) is 4.89 Å². The molecule has 1 rings (SSSR count). The van der Waals surface area contributed by atoms with Crippen molar-refractivity contribution in [3.05, 3.63) is 29.3 Å². The Hall–Kier alpha value is -0.680. The quantitative estimate of drug-likeness (QED) is 0.722. The number of hydrogen-bond acceptors (Lipinski definition) is 4. The van der Waals surface area contributed by atoms with Crippen LogP contribution in [0.1, 0.15) is 11.1 Å². The summed E-state index contributed by atoms with van der Waals surface area (Å²) < 4.78 is 30.1. The Labute approximate surface area is 97.9 Å². The number of rotatable bonds is 4. The summed E-state index contributed by atoms with van der Waals surface area (Å²) in [6, 6.07) is 4.96. The molecule has 9 heteroatoms. The number of aryl methyl sites for hydroxylation is 2. The zero-order valence-electron chi connectivity index (χ0n) is 9.10. The molecular formula is C8H12O7P2.